The van der Waals surface area contributed by atoms with Crippen molar-refractivity contribution < 1.29 is 0 Å². The summed E-state index contributed by atoms with van der Waals surface area (Å²) >= 11 is 6.54. The first-order valence-electron chi connectivity index (χ1n) is 8.52. The van der Waals surface area contributed by atoms with Crippen molar-refractivity contribution in [2.24, 2.45) is 36.5 Å². The Morgan fingerprint density at radius 1 is 1.38 bits per heavy atom. The van der Waals surface area contributed by atoms with Crippen LogP contribution in [0.25, 0.3) is 0 Å². The van der Waals surface area contributed by atoms with Crippen molar-refractivity contribution in [3.8, 4) is 0 Å². The molecule has 0 spiro atoms. The third-order valence-corrected chi connectivity index (χ3v) is 7.12. The topological polar surface area (TPSA) is 43.8 Å². The second-order valence-electron chi connectivity index (χ2n) is 7.66. The van der Waals surface area contributed by atoms with Gasteiger partial charge < -0.3 is 5.73 Å². The van der Waals surface area contributed by atoms with E-state index >= 15 is 0 Å². The molecular weight excluding hydrogens is 282 g/mol. The van der Waals surface area contributed by atoms with E-state index in [9.17, 15) is 0 Å². The highest BCUT2D eigenvalue weighted by Gasteiger charge is 2.59. The number of hydrogen-bond donors (Lipinski definition) is 1. The lowest BCUT2D eigenvalue weighted by Crippen LogP contribution is -2.51. The normalized spacial score (nSPS) is 41.0. The summed E-state index contributed by atoms with van der Waals surface area (Å²) in [6.45, 7) is 2.11. The summed E-state index contributed by atoms with van der Waals surface area (Å²) in [5, 5.41) is 5.42. The second kappa shape index (κ2) is 4.73. The third kappa shape index (κ3) is 1.93. The molecule has 3 nitrogen and oxygen atoms in total. The average Bonchev–Trinajstić information content (AvgIpc) is 3.15. The molecule has 21 heavy (non-hydrogen) atoms. The number of rotatable bonds is 3. The zero-order valence-electron chi connectivity index (χ0n) is 13.1. The maximum absolute atomic E-state index is 6.92. The number of hydrogen-bond acceptors (Lipinski definition) is 2. The Morgan fingerprint density at radius 2 is 2.14 bits per heavy atom. The van der Waals surface area contributed by atoms with Crippen molar-refractivity contribution in [3.63, 3.8) is 0 Å². The molecule has 0 aliphatic heterocycles. The maximum atomic E-state index is 6.92. The molecule has 1 aromatic rings. The first kappa shape index (κ1) is 14.1. The van der Waals surface area contributed by atoms with Crippen molar-refractivity contribution in [1.82, 2.24) is 9.78 Å². The van der Waals surface area contributed by atoms with Gasteiger partial charge in [-0.15, -0.1) is 0 Å². The highest BCUT2D eigenvalue weighted by molar-refractivity contribution is 6.31. The van der Waals surface area contributed by atoms with Crippen LogP contribution in [0.1, 0.15) is 50.4 Å². The molecular formula is C17H26ClN3. The minimum Gasteiger partial charge on any atom is -0.324 e. The van der Waals surface area contributed by atoms with Crippen LogP contribution in [0.15, 0.2) is 0 Å². The third-order valence-electron chi connectivity index (χ3n) is 6.68. The molecule has 3 fully saturated rings. The van der Waals surface area contributed by atoms with Crippen LogP contribution in [0.3, 0.4) is 0 Å². The van der Waals surface area contributed by atoms with Crippen LogP contribution in [0.4, 0.5) is 0 Å². The van der Waals surface area contributed by atoms with E-state index in [1.807, 2.05) is 11.7 Å². The van der Waals surface area contributed by atoms with Gasteiger partial charge in [0.25, 0.3) is 0 Å². The van der Waals surface area contributed by atoms with Gasteiger partial charge in [-0.1, -0.05) is 24.9 Å². The lowest BCUT2D eigenvalue weighted by atomic mass is 9.69. The molecule has 1 heterocycles. The largest absolute Gasteiger partial charge is 0.324 e. The second-order valence-corrected chi connectivity index (χ2v) is 8.04. The van der Waals surface area contributed by atoms with Crippen molar-refractivity contribution in [2.45, 2.75) is 57.4 Å². The molecule has 5 atom stereocenters. The fourth-order valence-corrected chi connectivity index (χ4v) is 6.20. The van der Waals surface area contributed by atoms with Crippen LogP contribution in [0.5, 0.6) is 0 Å². The molecule has 1 aromatic heterocycles. The van der Waals surface area contributed by atoms with E-state index in [1.54, 1.807) is 0 Å². The van der Waals surface area contributed by atoms with Gasteiger partial charge in [-0.25, -0.2) is 0 Å². The molecule has 0 saturated heterocycles. The van der Waals surface area contributed by atoms with Gasteiger partial charge in [-0.2, -0.15) is 5.10 Å². The predicted molar refractivity (Wildman–Crippen MR) is 85.3 cm³/mol. The lowest BCUT2D eigenvalue weighted by molar-refractivity contribution is 0.154. The summed E-state index contributed by atoms with van der Waals surface area (Å²) in [6, 6.07) is 0. The van der Waals surface area contributed by atoms with E-state index in [4.69, 9.17) is 17.3 Å². The zero-order chi connectivity index (χ0) is 14.8. The van der Waals surface area contributed by atoms with Crippen molar-refractivity contribution in [3.05, 3.63) is 16.4 Å². The fourth-order valence-electron chi connectivity index (χ4n) is 5.84. The predicted octanol–water partition coefficient (Wildman–Crippen LogP) is 3.33. The van der Waals surface area contributed by atoms with Crippen LogP contribution in [-0.4, -0.2) is 15.3 Å². The molecule has 3 aliphatic rings. The molecule has 116 valence electrons. The highest BCUT2D eigenvalue weighted by Crippen LogP contribution is 2.62. The summed E-state index contributed by atoms with van der Waals surface area (Å²) in [4.78, 5) is 0. The fraction of sp³-hybridized carbons (Fsp3) is 0.824. The number of fused-ring (bicyclic) bond motifs is 5. The van der Waals surface area contributed by atoms with E-state index in [-0.39, 0.29) is 5.54 Å². The lowest BCUT2D eigenvalue weighted by Gasteiger charge is -2.40. The van der Waals surface area contributed by atoms with Crippen molar-refractivity contribution in [1.29, 1.82) is 0 Å². The Bertz CT molecular complexity index is 567. The molecule has 0 amide bonds. The Hall–Kier alpha value is -0.540. The van der Waals surface area contributed by atoms with Crippen molar-refractivity contribution in [2.75, 3.05) is 0 Å². The Kier molecular flexibility index (Phi) is 3.17. The van der Waals surface area contributed by atoms with Crippen LogP contribution >= 0.6 is 11.6 Å². The maximum Gasteiger partial charge on any atom is 0.0850 e. The SMILES string of the molecule is CCc1nn(C)c(CC2(N)CC3CC2C2CCCC32)c1Cl. The number of halogens is 1. The van der Waals surface area contributed by atoms with E-state index in [0.717, 1.165) is 47.0 Å². The molecule has 5 unspecified atom stereocenters. The molecule has 2 bridgehead atoms. The monoisotopic (exact) mass is 307 g/mol. The molecule has 4 rings (SSSR count). The number of aryl methyl sites for hydroxylation is 2. The van der Waals surface area contributed by atoms with Crippen LogP contribution < -0.4 is 5.73 Å². The van der Waals surface area contributed by atoms with Crippen LogP contribution in [0.2, 0.25) is 5.02 Å². The quantitative estimate of drug-likeness (QED) is 0.931. The smallest absolute Gasteiger partial charge is 0.0850 e. The van der Waals surface area contributed by atoms with Gasteiger partial charge in [0.2, 0.25) is 0 Å². The zero-order valence-corrected chi connectivity index (χ0v) is 13.9. The summed E-state index contributed by atoms with van der Waals surface area (Å²) in [6.07, 6.45) is 8.63. The van der Waals surface area contributed by atoms with E-state index < -0.39 is 0 Å². The minimum atomic E-state index is -0.0430. The highest BCUT2D eigenvalue weighted by atomic mass is 35.5. The summed E-state index contributed by atoms with van der Waals surface area (Å²) in [7, 11) is 2.01. The van der Waals surface area contributed by atoms with Crippen LogP contribution in [-0.2, 0) is 19.9 Å². The molecule has 3 aliphatic carbocycles. The van der Waals surface area contributed by atoms with Crippen LogP contribution in [0, 0.1) is 23.7 Å². The standard InChI is InChI=1S/C17H26ClN3/c1-3-14-16(18)15(21(2)20-14)9-17(19)8-10-7-13(17)12-6-4-5-11(10)12/h10-13H,3-9,19H2,1-2H3. The van der Waals surface area contributed by atoms with Gasteiger partial charge in [0.1, 0.15) is 0 Å². The Labute approximate surface area is 132 Å². The number of nitrogens with zero attached hydrogens (tertiary/aromatic N) is 2. The molecule has 2 N–H and O–H groups in total. The Balaban J connectivity index is 1.62. The van der Waals surface area contributed by atoms with Crippen molar-refractivity contribution >= 4 is 11.6 Å². The number of aromatic nitrogens is 2. The molecule has 4 heteroatoms. The van der Waals surface area contributed by atoms with Gasteiger partial charge in [-0.3, -0.25) is 4.68 Å². The summed E-state index contributed by atoms with van der Waals surface area (Å²) in [5.41, 5.74) is 9.04. The van der Waals surface area contributed by atoms with Gasteiger partial charge in [0, 0.05) is 19.0 Å². The van der Waals surface area contributed by atoms with E-state index in [1.165, 1.54) is 32.1 Å². The molecule has 3 saturated carbocycles. The molecule has 0 radical (unpaired) electrons. The van der Waals surface area contributed by atoms with Gasteiger partial charge >= 0.3 is 0 Å². The van der Waals surface area contributed by atoms with E-state index in [0.29, 0.717) is 5.92 Å². The van der Waals surface area contributed by atoms with Gasteiger partial charge in [0.05, 0.1) is 16.4 Å². The minimum absolute atomic E-state index is 0.0430. The first-order valence-corrected chi connectivity index (χ1v) is 8.90. The molecule has 0 aromatic carbocycles. The first-order chi connectivity index (χ1) is 10.0. The average molecular weight is 308 g/mol. The summed E-state index contributed by atoms with van der Waals surface area (Å²) in [5.74, 6) is 3.47. The van der Waals surface area contributed by atoms with E-state index in [2.05, 4.69) is 12.0 Å². The Morgan fingerprint density at radius 3 is 2.86 bits per heavy atom. The number of nitrogens with two attached hydrogens (primary N) is 1. The summed E-state index contributed by atoms with van der Waals surface area (Å²) < 4.78 is 1.97. The van der Waals surface area contributed by atoms with Gasteiger partial charge in [0.15, 0.2) is 0 Å². The van der Waals surface area contributed by atoms with Gasteiger partial charge in [-0.05, 0) is 55.8 Å².